The molecular formula is C23H26BrN5O4S. The minimum absolute atomic E-state index is 0.0810. The van der Waals surface area contributed by atoms with E-state index in [1.165, 1.54) is 15.9 Å². The van der Waals surface area contributed by atoms with E-state index < -0.39 is 15.9 Å². The largest absolute Gasteiger partial charge is 0.364 e. The highest BCUT2D eigenvalue weighted by atomic mass is 79.9. The number of rotatable bonds is 9. The number of primary amides is 1. The SMILES string of the molecule is CC(=O)NCCN(c1cc2nn(-c3ccc(Br)cc3)c(C(N)=O)c2cc1CC1CC1)S(C)(=O)=O. The first-order valence-electron chi connectivity index (χ1n) is 10.9. The van der Waals surface area contributed by atoms with E-state index in [1.54, 1.807) is 6.07 Å². The lowest BCUT2D eigenvalue weighted by atomic mass is 10.0. The van der Waals surface area contributed by atoms with Crippen LogP contribution in [0, 0.1) is 5.92 Å². The molecule has 1 saturated carbocycles. The molecule has 3 aromatic rings. The quantitative estimate of drug-likeness (QED) is 0.425. The highest BCUT2D eigenvalue weighted by Gasteiger charge is 2.28. The van der Waals surface area contributed by atoms with Gasteiger partial charge in [-0.1, -0.05) is 15.9 Å². The van der Waals surface area contributed by atoms with E-state index in [-0.39, 0.29) is 24.7 Å². The van der Waals surface area contributed by atoms with Gasteiger partial charge in [0.05, 0.1) is 29.7 Å². The number of hydrogen-bond donors (Lipinski definition) is 2. The minimum atomic E-state index is -3.65. The highest BCUT2D eigenvalue weighted by Crippen LogP contribution is 2.38. The number of anilines is 1. The minimum Gasteiger partial charge on any atom is -0.364 e. The summed E-state index contributed by atoms with van der Waals surface area (Å²) in [6, 6.07) is 10.8. The Hall–Kier alpha value is -2.92. The molecule has 1 aromatic heterocycles. The molecule has 11 heteroatoms. The van der Waals surface area contributed by atoms with Crippen LogP contribution in [0.25, 0.3) is 16.6 Å². The molecule has 4 rings (SSSR count). The summed E-state index contributed by atoms with van der Waals surface area (Å²) in [6.07, 6.45) is 3.96. The second-order valence-corrected chi connectivity index (χ2v) is 11.4. The Morgan fingerprint density at radius 2 is 1.91 bits per heavy atom. The van der Waals surface area contributed by atoms with E-state index in [1.807, 2.05) is 30.3 Å². The van der Waals surface area contributed by atoms with E-state index in [0.29, 0.717) is 34.6 Å². The summed E-state index contributed by atoms with van der Waals surface area (Å²) in [5, 5.41) is 7.84. The lowest BCUT2D eigenvalue weighted by Gasteiger charge is -2.25. The van der Waals surface area contributed by atoms with Gasteiger partial charge in [-0.2, -0.15) is 5.10 Å². The Morgan fingerprint density at radius 3 is 2.47 bits per heavy atom. The van der Waals surface area contributed by atoms with E-state index in [2.05, 4.69) is 26.3 Å². The molecule has 9 nitrogen and oxygen atoms in total. The van der Waals surface area contributed by atoms with Crippen molar-refractivity contribution in [2.75, 3.05) is 23.7 Å². The van der Waals surface area contributed by atoms with Crippen LogP contribution >= 0.6 is 15.9 Å². The Kier molecular flexibility index (Phi) is 6.68. The zero-order chi connectivity index (χ0) is 24.6. The average Bonchev–Trinajstić information content (AvgIpc) is 3.48. The normalized spacial score (nSPS) is 13.7. The molecule has 2 aromatic carbocycles. The van der Waals surface area contributed by atoms with Crippen LogP contribution in [0.1, 0.15) is 35.8 Å². The van der Waals surface area contributed by atoms with Crippen LogP contribution in [0.5, 0.6) is 0 Å². The lowest BCUT2D eigenvalue weighted by molar-refractivity contribution is -0.118. The lowest BCUT2D eigenvalue weighted by Crippen LogP contribution is -2.38. The van der Waals surface area contributed by atoms with Gasteiger partial charge < -0.3 is 11.1 Å². The maximum Gasteiger partial charge on any atom is 0.268 e. The Balaban J connectivity index is 1.89. The fourth-order valence-electron chi connectivity index (χ4n) is 4.00. The van der Waals surface area contributed by atoms with Gasteiger partial charge in [0.15, 0.2) is 0 Å². The summed E-state index contributed by atoms with van der Waals surface area (Å²) in [7, 11) is -3.65. The van der Waals surface area contributed by atoms with Crippen molar-refractivity contribution in [1.82, 2.24) is 15.1 Å². The zero-order valence-electron chi connectivity index (χ0n) is 18.9. The number of benzene rings is 2. The fourth-order valence-corrected chi connectivity index (χ4v) is 5.21. The molecular weight excluding hydrogens is 522 g/mol. The van der Waals surface area contributed by atoms with Crippen molar-refractivity contribution in [3.05, 3.63) is 52.1 Å². The van der Waals surface area contributed by atoms with Crippen molar-refractivity contribution in [3.63, 3.8) is 0 Å². The monoisotopic (exact) mass is 547 g/mol. The number of sulfonamides is 1. The smallest absolute Gasteiger partial charge is 0.268 e. The number of amides is 2. The van der Waals surface area contributed by atoms with Crippen LogP contribution < -0.4 is 15.4 Å². The molecule has 1 heterocycles. The number of hydrogen-bond acceptors (Lipinski definition) is 5. The number of halogens is 1. The maximum atomic E-state index is 12.7. The molecule has 0 atom stereocenters. The van der Waals surface area contributed by atoms with Crippen LogP contribution in [0.2, 0.25) is 0 Å². The maximum absolute atomic E-state index is 12.7. The third-order valence-electron chi connectivity index (χ3n) is 5.74. The average molecular weight is 548 g/mol. The number of nitrogens with one attached hydrogen (secondary N) is 1. The number of aromatic nitrogens is 2. The number of carbonyl (C=O) groups excluding carboxylic acids is 2. The van der Waals surface area contributed by atoms with Gasteiger partial charge >= 0.3 is 0 Å². The molecule has 180 valence electrons. The number of nitrogens with two attached hydrogens (primary N) is 1. The Morgan fingerprint density at radius 1 is 1.24 bits per heavy atom. The van der Waals surface area contributed by atoms with Crippen LogP contribution in [0.3, 0.4) is 0 Å². The molecule has 1 aliphatic carbocycles. The van der Waals surface area contributed by atoms with Gasteiger partial charge in [-0.3, -0.25) is 13.9 Å². The van der Waals surface area contributed by atoms with Gasteiger partial charge in [0, 0.05) is 23.3 Å². The van der Waals surface area contributed by atoms with Crippen molar-refractivity contribution in [2.24, 2.45) is 11.7 Å². The predicted octanol–water partition coefficient (Wildman–Crippen LogP) is 2.74. The zero-order valence-corrected chi connectivity index (χ0v) is 21.3. The number of fused-ring (bicyclic) bond motifs is 1. The third kappa shape index (κ3) is 5.25. The Labute approximate surface area is 206 Å². The fraction of sp³-hybridized carbons (Fsp3) is 0.348. The van der Waals surface area contributed by atoms with Gasteiger partial charge in [0.1, 0.15) is 5.69 Å². The molecule has 0 unspecified atom stereocenters. The topological polar surface area (TPSA) is 127 Å². The Bertz CT molecular complexity index is 1360. The van der Waals surface area contributed by atoms with Crippen LogP contribution in [0.4, 0.5) is 5.69 Å². The molecule has 0 aliphatic heterocycles. The molecule has 0 saturated heterocycles. The molecule has 34 heavy (non-hydrogen) atoms. The third-order valence-corrected chi connectivity index (χ3v) is 7.45. The predicted molar refractivity (Wildman–Crippen MR) is 135 cm³/mol. The van der Waals surface area contributed by atoms with Gasteiger partial charge in [-0.15, -0.1) is 0 Å². The summed E-state index contributed by atoms with van der Waals surface area (Å²) in [4.78, 5) is 23.8. The number of nitrogens with zero attached hydrogens (tertiary/aromatic N) is 3. The summed E-state index contributed by atoms with van der Waals surface area (Å²) in [5.74, 6) is -0.394. The van der Waals surface area contributed by atoms with Crippen molar-refractivity contribution >= 4 is 54.4 Å². The van der Waals surface area contributed by atoms with Crippen LogP contribution in [-0.4, -0.2) is 49.4 Å². The van der Waals surface area contributed by atoms with Crippen molar-refractivity contribution < 1.29 is 18.0 Å². The van der Waals surface area contributed by atoms with E-state index in [4.69, 9.17) is 5.73 Å². The van der Waals surface area contributed by atoms with E-state index in [9.17, 15) is 18.0 Å². The summed E-state index contributed by atoms with van der Waals surface area (Å²) < 4.78 is 29.1. The molecule has 1 aliphatic rings. The molecule has 1 fully saturated rings. The highest BCUT2D eigenvalue weighted by molar-refractivity contribution is 9.10. The number of carbonyl (C=O) groups is 2. The molecule has 0 spiro atoms. The van der Waals surface area contributed by atoms with Crippen molar-refractivity contribution in [1.29, 1.82) is 0 Å². The summed E-state index contributed by atoms with van der Waals surface area (Å²) in [5.41, 5.74) is 8.43. The second-order valence-electron chi connectivity index (χ2n) is 8.56. The van der Waals surface area contributed by atoms with Gasteiger partial charge in [-0.25, -0.2) is 13.1 Å². The first kappa shape index (κ1) is 24.2. The first-order chi connectivity index (χ1) is 16.0. The second kappa shape index (κ2) is 9.38. The summed E-state index contributed by atoms with van der Waals surface area (Å²) >= 11 is 3.40. The van der Waals surface area contributed by atoms with Crippen LogP contribution in [0.15, 0.2) is 40.9 Å². The van der Waals surface area contributed by atoms with Crippen LogP contribution in [-0.2, 0) is 21.2 Å². The molecule has 0 bridgehead atoms. The molecule has 2 amide bonds. The van der Waals surface area contributed by atoms with Crippen molar-refractivity contribution in [3.8, 4) is 5.69 Å². The first-order valence-corrected chi connectivity index (χ1v) is 13.5. The van der Waals surface area contributed by atoms with E-state index >= 15 is 0 Å². The van der Waals surface area contributed by atoms with Gasteiger partial charge in [0.2, 0.25) is 15.9 Å². The van der Waals surface area contributed by atoms with E-state index in [0.717, 1.165) is 29.1 Å². The molecule has 3 N–H and O–H groups in total. The molecule has 0 radical (unpaired) electrons. The van der Waals surface area contributed by atoms with Gasteiger partial charge in [-0.05, 0) is 67.1 Å². The summed E-state index contributed by atoms with van der Waals surface area (Å²) in [6.45, 7) is 1.64. The standard InChI is InChI=1S/C23H26BrN5O4S/c1-14(30)26-9-10-28(34(2,32)33)21-13-20-19(12-16(21)11-15-3-4-15)22(23(25)31)29(27-20)18-7-5-17(24)6-8-18/h5-8,12-13,15H,3-4,9-11H2,1-2H3,(H2,25,31)(H,26,30). The van der Waals surface area contributed by atoms with Crippen molar-refractivity contribution in [2.45, 2.75) is 26.2 Å². The van der Waals surface area contributed by atoms with Gasteiger partial charge in [0.25, 0.3) is 5.91 Å².